The summed E-state index contributed by atoms with van der Waals surface area (Å²) in [6.45, 7) is 6.59. The third-order valence-corrected chi connectivity index (χ3v) is 5.59. The van der Waals surface area contributed by atoms with Crippen LogP contribution in [0.4, 0.5) is 0 Å². The first kappa shape index (κ1) is 23.9. The van der Waals surface area contributed by atoms with Crippen LogP contribution in [-0.4, -0.2) is 9.97 Å². The number of benzene rings is 3. The summed E-state index contributed by atoms with van der Waals surface area (Å²) in [5.74, 6) is 1.24. The molecule has 4 heteroatoms. The number of rotatable bonds is 4. The van der Waals surface area contributed by atoms with Crippen molar-refractivity contribution in [2.75, 3.05) is 0 Å². The van der Waals surface area contributed by atoms with Crippen molar-refractivity contribution < 1.29 is 25.8 Å². The van der Waals surface area contributed by atoms with Crippen LogP contribution >= 0.6 is 0 Å². The largest absolute Gasteiger partial charge is 2.00 e. The maximum Gasteiger partial charge on any atom is 2.00 e. The molecular weight excluding hydrogens is 599 g/mol. The fourth-order valence-corrected chi connectivity index (χ4v) is 3.80. The second-order valence-electron chi connectivity index (χ2n) is 9.02. The SMILES string of the molecule is CC(C)(C)c1ccnc(-c2[c-]c(Oc3[c-]c(-c4nccc5ccccc45)ccc3)ccc2)c1.[Pt+2]. The van der Waals surface area contributed by atoms with E-state index >= 15 is 0 Å². The Hall–Kier alpha value is -3.29. The van der Waals surface area contributed by atoms with Crippen LogP contribution in [-0.2, 0) is 26.5 Å². The molecule has 5 rings (SSSR count). The first-order valence-corrected chi connectivity index (χ1v) is 11.0. The Labute approximate surface area is 215 Å². The van der Waals surface area contributed by atoms with E-state index in [0.29, 0.717) is 11.5 Å². The topological polar surface area (TPSA) is 35.0 Å². The van der Waals surface area contributed by atoms with Gasteiger partial charge in [0, 0.05) is 23.9 Å². The van der Waals surface area contributed by atoms with Crippen molar-refractivity contribution in [3.8, 4) is 34.0 Å². The van der Waals surface area contributed by atoms with Gasteiger partial charge >= 0.3 is 21.1 Å². The molecule has 0 saturated carbocycles. The van der Waals surface area contributed by atoms with Gasteiger partial charge in [0.1, 0.15) is 0 Å². The molecule has 0 unspecified atom stereocenters. The third kappa shape index (κ3) is 5.10. The van der Waals surface area contributed by atoms with Crippen molar-refractivity contribution in [2.45, 2.75) is 26.2 Å². The van der Waals surface area contributed by atoms with Gasteiger partial charge in [-0.05, 0) is 45.3 Å². The Balaban J connectivity index is 0.00000274. The molecule has 0 aliphatic carbocycles. The number of hydrogen-bond donors (Lipinski definition) is 0. The maximum absolute atomic E-state index is 6.15. The van der Waals surface area contributed by atoms with Crippen LogP contribution in [0, 0.1) is 12.1 Å². The molecule has 0 aliphatic rings. The average Bonchev–Trinajstić information content (AvgIpc) is 2.84. The van der Waals surface area contributed by atoms with E-state index in [1.54, 1.807) is 0 Å². The molecule has 0 bridgehead atoms. The van der Waals surface area contributed by atoms with Gasteiger partial charge in [-0.15, -0.1) is 47.5 Å². The molecule has 3 nitrogen and oxygen atoms in total. The Bertz CT molecular complexity index is 1430. The molecule has 5 aromatic rings. The van der Waals surface area contributed by atoms with Gasteiger partial charge in [-0.3, -0.25) is 0 Å². The van der Waals surface area contributed by atoms with E-state index in [0.717, 1.165) is 33.3 Å². The summed E-state index contributed by atoms with van der Waals surface area (Å²) in [6.07, 6.45) is 3.68. The number of ether oxygens (including phenoxy) is 1. The van der Waals surface area contributed by atoms with Gasteiger partial charge < -0.3 is 14.7 Å². The van der Waals surface area contributed by atoms with Crippen LogP contribution in [0.1, 0.15) is 26.3 Å². The fraction of sp³-hybridized carbons (Fsp3) is 0.133. The van der Waals surface area contributed by atoms with E-state index in [-0.39, 0.29) is 26.5 Å². The molecule has 0 spiro atoms. The molecule has 0 fully saturated rings. The fourth-order valence-electron chi connectivity index (χ4n) is 3.80. The van der Waals surface area contributed by atoms with Crippen LogP contribution in [0.5, 0.6) is 11.5 Å². The third-order valence-electron chi connectivity index (χ3n) is 5.59. The summed E-state index contributed by atoms with van der Waals surface area (Å²) in [6, 6.07) is 32.9. The summed E-state index contributed by atoms with van der Waals surface area (Å²) >= 11 is 0. The quantitative estimate of drug-likeness (QED) is 0.193. The smallest absolute Gasteiger partial charge is 0.497 e. The van der Waals surface area contributed by atoms with Crippen LogP contribution < -0.4 is 4.74 Å². The minimum absolute atomic E-state index is 0. The average molecular weight is 624 g/mol. The van der Waals surface area contributed by atoms with Crippen molar-refractivity contribution in [1.29, 1.82) is 0 Å². The van der Waals surface area contributed by atoms with Gasteiger partial charge in [-0.1, -0.05) is 63.2 Å². The standard InChI is InChI=1S/C30H24N2O.Pt/c1-30(2,3)24-15-17-31-28(20-24)22-9-6-11-25(18-22)33-26-12-7-10-23(19-26)29-27-13-5-4-8-21(27)14-16-32-29;/h4-17,20H,1-3H3;/q-2;+2. The number of hydrogen-bond acceptors (Lipinski definition) is 3. The van der Waals surface area contributed by atoms with Crippen LogP contribution in [0.15, 0.2) is 91.3 Å². The van der Waals surface area contributed by atoms with Crippen molar-refractivity contribution >= 4 is 10.8 Å². The van der Waals surface area contributed by atoms with Gasteiger partial charge in [0.05, 0.1) is 0 Å². The van der Waals surface area contributed by atoms with E-state index in [2.05, 4.69) is 67.1 Å². The maximum atomic E-state index is 6.15. The normalized spacial score (nSPS) is 11.1. The Morgan fingerprint density at radius 3 is 2.15 bits per heavy atom. The van der Waals surface area contributed by atoms with Crippen LogP contribution in [0.2, 0.25) is 0 Å². The Kier molecular flexibility index (Phi) is 6.95. The van der Waals surface area contributed by atoms with Crippen LogP contribution in [0.25, 0.3) is 33.3 Å². The second kappa shape index (κ2) is 9.91. The predicted molar refractivity (Wildman–Crippen MR) is 133 cm³/mol. The summed E-state index contributed by atoms with van der Waals surface area (Å²) in [7, 11) is 0. The zero-order valence-electron chi connectivity index (χ0n) is 19.3. The first-order chi connectivity index (χ1) is 16.0. The van der Waals surface area contributed by atoms with E-state index < -0.39 is 0 Å². The van der Waals surface area contributed by atoms with Crippen molar-refractivity contribution in [3.05, 3.63) is 109 Å². The van der Waals surface area contributed by atoms with E-state index in [1.807, 2.05) is 67.0 Å². The van der Waals surface area contributed by atoms with Crippen molar-refractivity contribution in [3.63, 3.8) is 0 Å². The number of aromatic nitrogens is 2. The Morgan fingerprint density at radius 2 is 1.38 bits per heavy atom. The minimum atomic E-state index is 0. The summed E-state index contributed by atoms with van der Waals surface area (Å²) in [4.78, 5) is 9.16. The second-order valence-corrected chi connectivity index (χ2v) is 9.02. The monoisotopic (exact) mass is 623 g/mol. The van der Waals surface area contributed by atoms with Crippen molar-refractivity contribution in [2.24, 2.45) is 0 Å². The molecule has 0 N–H and O–H groups in total. The molecule has 2 heterocycles. The summed E-state index contributed by atoms with van der Waals surface area (Å²) < 4.78 is 6.15. The molecule has 0 saturated heterocycles. The van der Waals surface area contributed by atoms with Gasteiger partial charge in [-0.25, -0.2) is 0 Å². The molecule has 0 radical (unpaired) electrons. The number of fused-ring (bicyclic) bond motifs is 1. The molecule has 0 atom stereocenters. The van der Waals surface area contributed by atoms with E-state index in [9.17, 15) is 0 Å². The van der Waals surface area contributed by atoms with E-state index in [1.165, 1.54) is 5.56 Å². The van der Waals surface area contributed by atoms with Gasteiger partial charge in [0.25, 0.3) is 0 Å². The molecule has 3 aromatic carbocycles. The van der Waals surface area contributed by atoms with Gasteiger partial charge in [-0.2, -0.15) is 0 Å². The molecule has 2 aromatic heterocycles. The first-order valence-electron chi connectivity index (χ1n) is 11.0. The molecule has 170 valence electrons. The van der Waals surface area contributed by atoms with Gasteiger partial charge in [0.15, 0.2) is 0 Å². The molecular formula is C30H24N2OPt. The van der Waals surface area contributed by atoms with E-state index in [4.69, 9.17) is 4.74 Å². The predicted octanol–water partition coefficient (Wildman–Crippen LogP) is 7.65. The minimum Gasteiger partial charge on any atom is -0.497 e. The zero-order chi connectivity index (χ0) is 22.8. The zero-order valence-corrected chi connectivity index (χ0v) is 21.6. The number of nitrogens with zero attached hydrogens (tertiary/aromatic N) is 2. The molecule has 0 aliphatic heterocycles. The van der Waals surface area contributed by atoms with Crippen molar-refractivity contribution in [1.82, 2.24) is 9.97 Å². The molecule has 34 heavy (non-hydrogen) atoms. The Morgan fingerprint density at radius 1 is 0.706 bits per heavy atom. The number of pyridine rings is 2. The summed E-state index contributed by atoms with van der Waals surface area (Å²) in [5, 5.41) is 2.24. The van der Waals surface area contributed by atoms with Crippen LogP contribution in [0.3, 0.4) is 0 Å². The molecule has 0 amide bonds. The summed E-state index contributed by atoms with van der Waals surface area (Å²) in [5.41, 5.74) is 4.84. The van der Waals surface area contributed by atoms with Gasteiger partial charge in [0.2, 0.25) is 0 Å².